The molecule has 25 heavy (non-hydrogen) atoms. The van der Waals surface area contributed by atoms with Gasteiger partial charge in [0.2, 0.25) is 5.91 Å². The summed E-state index contributed by atoms with van der Waals surface area (Å²) in [5, 5.41) is 7.49. The van der Waals surface area contributed by atoms with Crippen LogP contribution >= 0.6 is 0 Å². The van der Waals surface area contributed by atoms with E-state index in [2.05, 4.69) is 34.9 Å². The predicted octanol–water partition coefficient (Wildman–Crippen LogP) is 3.71. The topological polar surface area (TPSA) is 44.4 Å². The Kier molecular flexibility index (Phi) is 3.51. The number of likely N-dealkylation sites (tertiary alicyclic amines) is 1. The Morgan fingerprint density at radius 3 is 2.16 bits per heavy atom. The Bertz CT molecular complexity index is 650. The molecular formula is C21H29N3O. The second-order valence-electron chi connectivity index (χ2n) is 9.11. The van der Waals surface area contributed by atoms with Crippen LogP contribution in [0.4, 0.5) is 11.4 Å². The van der Waals surface area contributed by atoms with Crippen LogP contribution in [0.1, 0.15) is 44.9 Å². The van der Waals surface area contributed by atoms with Gasteiger partial charge < -0.3 is 15.5 Å². The van der Waals surface area contributed by atoms with Crippen molar-refractivity contribution in [3.05, 3.63) is 24.3 Å². The van der Waals surface area contributed by atoms with E-state index in [1.165, 1.54) is 44.2 Å². The molecule has 0 spiro atoms. The highest BCUT2D eigenvalue weighted by Gasteiger charge is 2.51. The predicted molar refractivity (Wildman–Crippen MR) is 101 cm³/mol. The maximum absolute atomic E-state index is 12.3. The first-order valence-electron chi connectivity index (χ1n) is 9.99. The van der Waals surface area contributed by atoms with Gasteiger partial charge in [-0.05, 0) is 74.8 Å². The molecule has 2 N–H and O–H groups in total. The number of likely N-dealkylation sites (N-methyl/N-ethyl adjacent to an activating group) is 1. The summed E-state index contributed by atoms with van der Waals surface area (Å²) in [4.78, 5) is 14.1. The van der Waals surface area contributed by atoms with E-state index in [1.54, 1.807) is 0 Å². The highest BCUT2D eigenvalue weighted by Crippen LogP contribution is 2.56. The maximum atomic E-state index is 12.3. The quantitative estimate of drug-likeness (QED) is 0.879. The van der Waals surface area contributed by atoms with Gasteiger partial charge in [-0.25, -0.2) is 0 Å². The highest BCUT2D eigenvalue weighted by molar-refractivity contribution is 5.87. The zero-order chi connectivity index (χ0) is 17.0. The molecule has 1 atom stereocenters. The standard InChI is InChI=1S/C21H29N3O/c1-24-7-6-19(20(24)25)22-17-4-2-3-5-18(17)23-21-11-14-8-15(12-21)10-16(9-14)13-21/h2-5,14-16,19,22-23H,6-13H2,1H3/t14?,15?,16?,19-,21?/m1/s1. The summed E-state index contributed by atoms with van der Waals surface area (Å²) in [5.74, 6) is 3.02. The van der Waals surface area contributed by atoms with Gasteiger partial charge >= 0.3 is 0 Å². The van der Waals surface area contributed by atoms with Crippen LogP contribution in [0.3, 0.4) is 0 Å². The van der Waals surface area contributed by atoms with E-state index < -0.39 is 0 Å². The highest BCUT2D eigenvalue weighted by atomic mass is 16.2. The lowest BCUT2D eigenvalue weighted by molar-refractivity contribution is -0.127. The zero-order valence-electron chi connectivity index (χ0n) is 15.1. The number of nitrogens with zero attached hydrogens (tertiary/aromatic N) is 1. The zero-order valence-corrected chi connectivity index (χ0v) is 15.1. The number of nitrogens with one attached hydrogen (secondary N) is 2. The Labute approximate surface area is 150 Å². The van der Waals surface area contributed by atoms with Crippen LogP contribution in [-0.4, -0.2) is 36.0 Å². The van der Waals surface area contributed by atoms with E-state index in [0.29, 0.717) is 5.54 Å². The van der Waals surface area contributed by atoms with Crippen molar-refractivity contribution in [2.24, 2.45) is 17.8 Å². The molecule has 1 heterocycles. The van der Waals surface area contributed by atoms with Crippen molar-refractivity contribution in [3.8, 4) is 0 Å². The Balaban J connectivity index is 1.37. The minimum absolute atomic E-state index is 0.0793. The molecule has 1 aliphatic heterocycles. The fourth-order valence-corrected chi connectivity index (χ4v) is 6.41. The smallest absolute Gasteiger partial charge is 0.244 e. The van der Waals surface area contributed by atoms with Crippen LogP contribution < -0.4 is 10.6 Å². The monoisotopic (exact) mass is 339 g/mol. The van der Waals surface area contributed by atoms with Gasteiger partial charge in [0.1, 0.15) is 6.04 Å². The van der Waals surface area contributed by atoms with E-state index >= 15 is 0 Å². The van der Waals surface area contributed by atoms with E-state index in [1.807, 2.05) is 11.9 Å². The van der Waals surface area contributed by atoms with E-state index in [9.17, 15) is 4.79 Å². The van der Waals surface area contributed by atoms with Crippen molar-refractivity contribution in [3.63, 3.8) is 0 Å². The molecule has 5 aliphatic rings. The first-order valence-corrected chi connectivity index (χ1v) is 9.99. The van der Waals surface area contributed by atoms with Crippen molar-refractivity contribution in [1.82, 2.24) is 4.90 Å². The molecule has 134 valence electrons. The molecule has 4 bridgehead atoms. The lowest BCUT2D eigenvalue weighted by Crippen LogP contribution is -2.54. The van der Waals surface area contributed by atoms with Crippen LogP contribution in [0.2, 0.25) is 0 Å². The van der Waals surface area contributed by atoms with Gasteiger partial charge in [0.05, 0.1) is 11.4 Å². The average Bonchev–Trinajstić information content (AvgIpc) is 2.87. The van der Waals surface area contributed by atoms with Gasteiger partial charge in [-0.2, -0.15) is 0 Å². The summed E-state index contributed by atoms with van der Waals surface area (Å²) < 4.78 is 0. The van der Waals surface area contributed by atoms with Crippen LogP contribution in [0, 0.1) is 17.8 Å². The second kappa shape index (κ2) is 5.65. The molecule has 4 heteroatoms. The SMILES string of the molecule is CN1CC[C@@H](Nc2ccccc2NC23CC4CC(CC(C4)C2)C3)C1=O. The van der Waals surface area contributed by atoms with Crippen LogP contribution in [0.5, 0.6) is 0 Å². The lowest BCUT2D eigenvalue weighted by atomic mass is 9.53. The normalized spacial score (nSPS) is 39.1. The Hall–Kier alpha value is -1.71. The summed E-state index contributed by atoms with van der Waals surface area (Å²) in [6.45, 7) is 0.848. The fourth-order valence-electron chi connectivity index (χ4n) is 6.41. The van der Waals surface area contributed by atoms with Crippen LogP contribution in [0.15, 0.2) is 24.3 Å². The van der Waals surface area contributed by atoms with Crippen molar-refractivity contribution in [2.45, 2.75) is 56.5 Å². The van der Waals surface area contributed by atoms with E-state index in [4.69, 9.17) is 0 Å². The first-order chi connectivity index (χ1) is 12.1. The molecule has 1 aromatic carbocycles. The number of carbonyl (C=O) groups is 1. The molecule has 0 unspecified atom stereocenters. The molecule has 1 aromatic rings. The van der Waals surface area contributed by atoms with E-state index in [0.717, 1.165) is 36.4 Å². The lowest BCUT2D eigenvalue weighted by Gasteiger charge is -2.57. The second-order valence-corrected chi connectivity index (χ2v) is 9.11. The maximum Gasteiger partial charge on any atom is 0.244 e. The van der Waals surface area contributed by atoms with Gasteiger partial charge in [0.25, 0.3) is 0 Å². The van der Waals surface area contributed by atoms with Crippen LogP contribution in [-0.2, 0) is 4.79 Å². The summed E-state index contributed by atoms with van der Waals surface area (Å²) >= 11 is 0. The molecule has 5 fully saturated rings. The van der Waals surface area contributed by atoms with Crippen molar-refractivity contribution in [1.29, 1.82) is 0 Å². The third kappa shape index (κ3) is 2.70. The third-order valence-electron chi connectivity index (χ3n) is 7.12. The van der Waals surface area contributed by atoms with Crippen molar-refractivity contribution in [2.75, 3.05) is 24.2 Å². The van der Waals surface area contributed by atoms with Gasteiger partial charge in [-0.3, -0.25) is 4.79 Å². The van der Waals surface area contributed by atoms with Crippen molar-refractivity contribution >= 4 is 17.3 Å². The average molecular weight is 339 g/mol. The molecule has 1 saturated heterocycles. The Morgan fingerprint density at radius 2 is 1.60 bits per heavy atom. The fraction of sp³-hybridized carbons (Fsp3) is 0.667. The van der Waals surface area contributed by atoms with E-state index in [-0.39, 0.29) is 11.9 Å². The number of hydrogen-bond acceptors (Lipinski definition) is 3. The van der Waals surface area contributed by atoms with Gasteiger partial charge in [-0.15, -0.1) is 0 Å². The van der Waals surface area contributed by atoms with Gasteiger partial charge in [0.15, 0.2) is 0 Å². The number of amides is 1. The number of rotatable bonds is 4. The number of carbonyl (C=O) groups excluding carboxylic acids is 1. The summed E-state index contributed by atoms with van der Waals surface area (Å²) in [6, 6.07) is 8.40. The molecule has 4 aliphatic carbocycles. The molecular weight excluding hydrogens is 310 g/mol. The number of para-hydroxylation sites is 2. The molecule has 0 aromatic heterocycles. The largest absolute Gasteiger partial charge is 0.378 e. The minimum atomic E-state index is -0.0793. The minimum Gasteiger partial charge on any atom is -0.378 e. The van der Waals surface area contributed by atoms with Gasteiger partial charge in [-0.1, -0.05) is 12.1 Å². The number of anilines is 2. The van der Waals surface area contributed by atoms with Gasteiger partial charge in [0, 0.05) is 19.1 Å². The van der Waals surface area contributed by atoms with Crippen molar-refractivity contribution < 1.29 is 4.79 Å². The first kappa shape index (κ1) is 15.5. The third-order valence-corrected chi connectivity index (χ3v) is 7.12. The molecule has 6 rings (SSSR count). The number of benzene rings is 1. The summed E-state index contributed by atoms with van der Waals surface area (Å²) in [5.41, 5.74) is 2.57. The molecule has 4 nitrogen and oxygen atoms in total. The Morgan fingerprint density at radius 1 is 1.00 bits per heavy atom. The molecule has 4 saturated carbocycles. The number of hydrogen-bond donors (Lipinski definition) is 2. The molecule has 1 amide bonds. The molecule has 0 radical (unpaired) electrons. The van der Waals surface area contributed by atoms with Crippen LogP contribution in [0.25, 0.3) is 0 Å². The summed E-state index contributed by atoms with van der Waals surface area (Å²) in [6.07, 6.45) is 9.27. The summed E-state index contributed by atoms with van der Waals surface area (Å²) in [7, 11) is 1.89.